The lowest BCUT2D eigenvalue weighted by molar-refractivity contribution is 0.329. The van der Waals surface area contributed by atoms with Gasteiger partial charge >= 0.3 is 0 Å². The molecule has 70 valence electrons. The number of hydrogen-bond donors (Lipinski definition) is 0. The van der Waals surface area contributed by atoms with E-state index in [9.17, 15) is 0 Å². The molecule has 0 N–H and O–H groups in total. The number of nitriles is 1. The van der Waals surface area contributed by atoms with Gasteiger partial charge in [0.15, 0.2) is 0 Å². The van der Waals surface area contributed by atoms with Crippen LogP contribution in [0.15, 0.2) is 4.21 Å². The average molecular weight is 214 g/mol. The fourth-order valence-corrected chi connectivity index (χ4v) is 2.57. The van der Waals surface area contributed by atoms with E-state index in [0.717, 1.165) is 9.96 Å². The summed E-state index contributed by atoms with van der Waals surface area (Å²) >= 11 is 2.96. The highest BCUT2D eigenvalue weighted by molar-refractivity contribution is 8.01. The van der Waals surface area contributed by atoms with Crippen LogP contribution < -0.4 is 4.74 Å². The molecule has 0 bridgehead atoms. The number of ether oxygens (including phenoxy) is 1. The topological polar surface area (TPSA) is 45.9 Å². The minimum absolute atomic E-state index is 0.478. The number of aromatic nitrogens is 1. The van der Waals surface area contributed by atoms with Gasteiger partial charge in [0.1, 0.15) is 15.8 Å². The summed E-state index contributed by atoms with van der Waals surface area (Å²) in [5.41, 5.74) is 0.582. The molecule has 0 spiro atoms. The van der Waals surface area contributed by atoms with Crippen molar-refractivity contribution in [3.05, 3.63) is 5.56 Å². The second-order valence-corrected chi connectivity index (χ2v) is 4.43. The van der Waals surface area contributed by atoms with E-state index in [1.807, 2.05) is 13.8 Å². The van der Waals surface area contributed by atoms with E-state index in [4.69, 9.17) is 10.00 Å². The summed E-state index contributed by atoms with van der Waals surface area (Å²) in [6.45, 7) is 4.48. The third kappa shape index (κ3) is 2.36. The number of rotatable bonds is 4. The highest BCUT2D eigenvalue weighted by Crippen LogP contribution is 2.32. The van der Waals surface area contributed by atoms with Crippen LogP contribution >= 0.6 is 23.3 Å². The van der Waals surface area contributed by atoms with Gasteiger partial charge in [-0.1, -0.05) is 6.92 Å². The second-order valence-electron chi connectivity index (χ2n) is 2.13. The number of hydrogen-bond acceptors (Lipinski definition) is 5. The van der Waals surface area contributed by atoms with Crippen LogP contribution in [0.1, 0.15) is 19.4 Å². The molecule has 0 aliphatic carbocycles. The lowest BCUT2D eigenvalue weighted by Crippen LogP contribution is -1.93. The predicted octanol–water partition coefficient (Wildman–Crippen LogP) is 2.53. The standard InChI is InChI=1S/C8H10N2OS2/c1-3-11-7-6(5-9)8(12-4-2)13-10-7/h3-4H2,1-2H3. The van der Waals surface area contributed by atoms with E-state index in [1.54, 1.807) is 11.8 Å². The predicted molar refractivity (Wildman–Crippen MR) is 54.4 cm³/mol. The molecule has 0 aromatic carbocycles. The first-order chi connectivity index (χ1) is 6.33. The quantitative estimate of drug-likeness (QED) is 0.722. The summed E-state index contributed by atoms with van der Waals surface area (Å²) < 4.78 is 10.2. The van der Waals surface area contributed by atoms with Crippen LogP contribution in [0.2, 0.25) is 0 Å². The van der Waals surface area contributed by atoms with E-state index in [2.05, 4.69) is 10.4 Å². The summed E-state index contributed by atoms with van der Waals surface area (Å²) in [4.78, 5) is 0. The van der Waals surface area contributed by atoms with Crippen LogP contribution in [0.5, 0.6) is 5.88 Å². The maximum absolute atomic E-state index is 8.86. The highest BCUT2D eigenvalue weighted by Gasteiger charge is 2.13. The van der Waals surface area contributed by atoms with Gasteiger partial charge in [-0.25, -0.2) is 0 Å². The van der Waals surface area contributed by atoms with E-state index in [1.165, 1.54) is 11.5 Å². The fraction of sp³-hybridized carbons (Fsp3) is 0.500. The average Bonchev–Trinajstić information content (AvgIpc) is 2.49. The Balaban J connectivity index is 2.91. The molecule has 0 saturated carbocycles. The van der Waals surface area contributed by atoms with Crippen molar-refractivity contribution in [3.8, 4) is 11.9 Å². The molecule has 3 nitrogen and oxygen atoms in total. The lowest BCUT2D eigenvalue weighted by atomic mass is 10.4. The molecule has 1 aromatic heterocycles. The maximum Gasteiger partial charge on any atom is 0.244 e. The maximum atomic E-state index is 8.86. The minimum atomic E-state index is 0.478. The SMILES string of the molecule is CCOc1nsc(SCC)c1C#N. The molecular weight excluding hydrogens is 204 g/mol. The van der Waals surface area contributed by atoms with Crippen molar-refractivity contribution < 1.29 is 4.74 Å². The molecule has 13 heavy (non-hydrogen) atoms. The monoisotopic (exact) mass is 214 g/mol. The molecule has 0 atom stereocenters. The zero-order valence-corrected chi connectivity index (χ0v) is 9.17. The molecule has 5 heteroatoms. The van der Waals surface area contributed by atoms with E-state index in [0.29, 0.717) is 18.1 Å². The third-order valence-corrected chi connectivity index (χ3v) is 3.26. The molecular formula is C8H10N2OS2. The van der Waals surface area contributed by atoms with Gasteiger partial charge in [0.05, 0.1) is 6.61 Å². The van der Waals surface area contributed by atoms with Crippen molar-refractivity contribution in [2.24, 2.45) is 0 Å². The van der Waals surface area contributed by atoms with Crippen LogP contribution in [-0.2, 0) is 0 Å². The molecule has 0 radical (unpaired) electrons. The zero-order chi connectivity index (χ0) is 9.68. The van der Waals surface area contributed by atoms with Crippen molar-refractivity contribution in [2.75, 3.05) is 12.4 Å². The van der Waals surface area contributed by atoms with Gasteiger partial charge in [-0.3, -0.25) is 0 Å². The molecule has 0 fully saturated rings. The Morgan fingerprint density at radius 1 is 1.62 bits per heavy atom. The van der Waals surface area contributed by atoms with Crippen LogP contribution in [0.4, 0.5) is 0 Å². The van der Waals surface area contributed by atoms with Gasteiger partial charge in [-0.2, -0.15) is 9.64 Å². The van der Waals surface area contributed by atoms with Gasteiger partial charge in [0.25, 0.3) is 0 Å². The first kappa shape index (κ1) is 10.4. The van der Waals surface area contributed by atoms with Gasteiger partial charge in [0.2, 0.25) is 5.88 Å². The highest BCUT2D eigenvalue weighted by atomic mass is 32.2. The fourth-order valence-electron chi connectivity index (χ4n) is 0.820. The summed E-state index contributed by atoms with van der Waals surface area (Å²) in [6.07, 6.45) is 0. The second kappa shape index (κ2) is 5.10. The molecule has 1 rings (SSSR count). The minimum Gasteiger partial charge on any atom is -0.476 e. The lowest BCUT2D eigenvalue weighted by Gasteiger charge is -1.97. The molecule has 0 amide bonds. The van der Waals surface area contributed by atoms with E-state index in [-0.39, 0.29) is 0 Å². The van der Waals surface area contributed by atoms with Gasteiger partial charge in [-0.05, 0) is 24.2 Å². The van der Waals surface area contributed by atoms with Crippen molar-refractivity contribution in [1.29, 1.82) is 5.26 Å². The summed E-state index contributed by atoms with van der Waals surface area (Å²) in [5, 5.41) is 8.86. The Hall–Kier alpha value is -0.730. The van der Waals surface area contributed by atoms with Crippen molar-refractivity contribution in [2.45, 2.75) is 18.1 Å². The van der Waals surface area contributed by atoms with Crippen LogP contribution in [0.3, 0.4) is 0 Å². The zero-order valence-electron chi connectivity index (χ0n) is 7.53. The van der Waals surface area contributed by atoms with Crippen molar-refractivity contribution in [3.63, 3.8) is 0 Å². The first-order valence-corrected chi connectivity index (χ1v) is 5.74. The summed E-state index contributed by atoms with van der Waals surface area (Å²) in [5.74, 6) is 1.42. The number of nitrogens with zero attached hydrogens (tertiary/aromatic N) is 2. The molecule has 0 unspecified atom stereocenters. The largest absolute Gasteiger partial charge is 0.476 e. The summed E-state index contributed by atoms with van der Waals surface area (Å²) in [6, 6.07) is 2.12. The molecule has 0 aliphatic heterocycles. The summed E-state index contributed by atoms with van der Waals surface area (Å²) in [7, 11) is 0. The first-order valence-electron chi connectivity index (χ1n) is 3.98. The Labute approximate surface area is 85.9 Å². The van der Waals surface area contributed by atoms with Gasteiger partial charge in [0, 0.05) is 0 Å². The van der Waals surface area contributed by atoms with E-state index < -0.39 is 0 Å². The molecule has 0 aliphatic rings. The van der Waals surface area contributed by atoms with Crippen molar-refractivity contribution >= 4 is 23.3 Å². The van der Waals surface area contributed by atoms with Crippen LogP contribution in [0.25, 0.3) is 0 Å². The van der Waals surface area contributed by atoms with E-state index >= 15 is 0 Å². The Morgan fingerprint density at radius 2 is 2.38 bits per heavy atom. The van der Waals surface area contributed by atoms with Crippen LogP contribution in [0, 0.1) is 11.3 Å². The smallest absolute Gasteiger partial charge is 0.244 e. The molecule has 0 saturated heterocycles. The molecule has 1 heterocycles. The van der Waals surface area contributed by atoms with Gasteiger partial charge in [-0.15, -0.1) is 11.8 Å². The van der Waals surface area contributed by atoms with Crippen LogP contribution in [-0.4, -0.2) is 16.7 Å². The Bertz CT molecular complexity index is 293. The van der Waals surface area contributed by atoms with Gasteiger partial charge < -0.3 is 4.74 Å². The normalized spacial score (nSPS) is 9.62. The Kier molecular flexibility index (Phi) is 4.06. The third-order valence-electron chi connectivity index (χ3n) is 1.30. The Morgan fingerprint density at radius 3 is 2.92 bits per heavy atom. The van der Waals surface area contributed by atoms with Crippen molar-refractivity contribution in [1.82, 2.24) is 4.37 Å². The molecule has 1 aromatic rings. The number of thioether (sulfide) groups is 1.